The Labute approximate surface area is 113 Å². The van der Waals surface area contributed by atoms with E-state index in [4.69, 9.17) is 4.74 Å². The molecule has 1 saturated carbocycles. The minimum atomic E-state index is -1.45. The molecule has 104 valence electrons. The van der Waals surface area contributed by atoms with E-state index in [-0.39, 0.29) is 0 Å². The Morgan fingerprint density at radius 2 is 1.95 bits per heavy atom. The molecular formula is C15H20FNO2. The van der Waals surface area contributed by atoms with Gasteiger partial charge in [-0.05, 0) is 33.3 Å². The summed E-state index contributed by atoms with van der Waals surface area (Å²) in [6.45, 7) is 7.30. The predicted octanol–water partition coefficient (Wildman–Crippen LogP) is 3.46. The van der Waals surface area contributed by atoms with Crippen LogP contribution < -0.4 is 5.32 Å². The van der Waals surface area contributed by atoms with E-state index in [1.165, 1.54) is 0 Å². The largest absolute Gasteiger partial charge is 0.444 e. The summed E-state index contributed by atoms with van der Waals surface area (Å²) in [5.41, 5.74) is -0.323. The number of benzene rings is 1. The number of amides is 1. The highest BCUT2D eigenvalue weighted by Crippen LogP contribution is 2.49. The Morgan fingerprint density at radius 3 is 2.47 bits per heavy atom. The maximum atomic E-state index is 14.6. The Balaban J connectivity index is 1.96. The summed E-state index contributed by atoms with van der Waals surface area (Å²) in [5, 5.41) is 2.58. The molecule has 2 rings (SSSR count). The van der Waals surface area contributed by atoms with Crippen molar-refractivity contribution in [1.29, 1.82) is 0 Å². The van der Waals surface area contributed by atoms with Gasteiger partial charge in [-0.25, -0.2) is 9.18 Å². The Bertz CT molecular complexity index is 478. The van der Waals surface area contributed by atoms with Gasteiger partial charge in [-0.1, -0.05) is 29.8 Å². The van der Waals surface area contributed by atoms with Crippen LogP contribution in [0.5, 0.6) is 0 Å². The standard InChI is InChI=1S/C15H20FNO2/c1-10-5-7-11(8-6-10)15(16)9-12(15)17-13(18)19-14(2,3)4/h5-8,12H,9H2,1-4H3,(H,17,18)/t12-,15+/m1/s1. The summed E-state index contributed by atoms with van der Waals surface area (Å²) in [7, 11) is 0. The molecular weight excluding hydrogens is 245 g/mol. The van der Waals surface area contributed by atoms with Crippen LogP contribution in [0.4, 0.5) is 9.18 Å². The number of aryl methyl sites for hydroxylation is 1. The predicted molar refractivity (Wildman–Crippen MR) is 71.7 cm³/mol. The molecule has 4 heteroatoms. The fourth-order valence-corrected chi connectivity index (χ4v) is 2.00. The van der Waals surface area contributed by atoms with E-state index >= 15 is 0 Å². The maximum absolute atomic E-state index is 14.6. The van der Waals surface area contributed by atoms with Crippen molar-refractivity contribution < 1.29 is 13.9 Å². The lowest BCUT2D eigenvalue weighted by Crippen LogP contribution is -2.35. The third kappa shape index (κ3) is 3.25. The number of ether oxygens (including phenoxy) is 1. The van der Waals surface area contributed by atoms with Gasteiger partial charge >= 0.3 is 6.09 Å². The number of rotatable bonds is 2. The second kappa shape index (κ2) is 4.51. The first-order valence-corrected chi connectivity index (χ1v) is 6.46. The molecule has 0 radical (unpaired) electrons. The molecule has 0 unspecified atom stereocenters. The molecule has 1 aromatic rings. The van der Waals surface area contributed by atoms with Gasteiger partial charge in [-0.3, -0.25) is 0 Å². The molecule has 1 aliphatic rings. The van der Waals surface area contributed by atoms with Crippen LogP contribution >= 0.6 is 0 Å². The normalized spacial score (nSPS) is 25.8. The minimum Gasteiger partial charge on any atom is -0.444 e. The van der Waals surface area contributed by atoms with Crippen LogP contribution in [-0.4, -0.2) is 17.7 Å². The van der Waals surface area contributed by atoms with Gasteiger partial charge in [0.05, 0.1) is 6.04 Å². The van der Waals surface area contributed by atoms with Crippen LogP contribution in [0.15, 0.2) is 24.3 Å². The van der Waals surface area contributed by atoms with E-state index in [1.54, 1.807) is 32.9 Å². The molecule has 0 saturated heterocycles. The van der Waals surface area contributed by atoms with Crippen LogP contribution in [0.25, 0.3) is 0 Å². The third-order valence-corrected chi connectivity index (χ3v) is 3.12. The summed E-state index contributed by atoms with van der Waals surface area (Å²) in [6, 6.07) is 6.79. The lowest BCUT2D eigenvalue weighted by Gasteiger charge is -2.20. The van der Waals surface area contributed by atoms with Crippen LogP contribution in [0.3, 0.4) is 0 Å². The Morgan fingerprint density at radius 1 is 1.37 bits per heavy atom. The molecule has 0 spiro atoms. The molecule has 19 heavy (non-hydrogen) atoms. The molecule has 1 amide bonds. The maximum Gasteiger partial charge on any atom is 0.407 e. The fourth-order valence-electron chi connectivity index (χ4n) is 2.00. The molecule has 0 bridgehead atoms. The number of nitrogens with one attached hydrogen (secondary N) is 1. The number of halogens is 1. The van der Waals surface area contributed by atoms with Crippen molar-refractivity contribution in [2.24, 2.45) is 0 Å². The Hall–Kier alpha value is -1.58. The van der Waals surface area contributed by atoms with Crippen molar-refractivity contribution in [1.82, 2.24) is 5.32 Å². The summed E-state index contributed by atoms with van der Waals surface area (Å²) < 4.78 is 19.7. The topological polar surface area (TPSA) is 38.3 Å². The Kier molecular flexibility index (Phi) is 3.29. The van der Waals surface area contributed by atoms with Gasteiger partial charge in [0.15, 0.2) is 5.67 Å². The lowest BCUT2D eigenvalue weighted by atomic mass is 10.1. The summed E-state index contributed by atoms with van der Waals surface area (Å²) in [4.78, 5) is 11.6. The zero-order valence-electron chi connectivity index (χ0n) is 11.8. The van der Waals surface area contributed by atoms with Crippen molar-refractivity contribution in [3.05, 3.63) is 35.4 Å². The van der Waals surface area contributed by atoms with E-state index < -0.39 is 23.4 Å². The lowest BCUT2D eigenvalue weighted by molar-refractivity contribution is 0.0511. The highest BCUT2D eigenvalue weighted by molar-refractivity contribution is 5.69. The summed E-state index contributed by atoms with van der Waals surface area (Å²) in [6.07, 6.45) is -0.265. The third-order valence-electron chi connectivity index (χ3n) is 3.12. The van der Waals surface area contributed by atoms with E-state index in [0.29, 0.717) is 12.0 Å². The number of hydrogen-bond donors (Lipinski definition) is 1. The summed E-state index contributed by atoms with van der Waals surface area (Å²) >= 11 is 0. The van der Waals surface area contributed by atoms with E-state index in [0.717, 1.165) is 5.56 Å². The van der Waals surface area contributed by atoms with Gasteiger partial charge in [0.25, 0.3) is 0 Å². The number of alkyl halides is 1. The monoisotopic (exact) mass is 265 g/mol. The summed E-state index contributed by atoms with van der Waals surface area (Å²) in [5.74, 6) is 0. The zero-order valence-corrected chi connectivity index (χ0v) is 11.8. The number of alkyl carbamates (subject to hydrolysis) is 1. The molecule has 3 nitrogen and oxygen atoms in total. The van der Waals surface area contributed by atoms with Crippen molar-refractivity contribution in [3.63, 3.8) is 0 Å². The highest BCUT2D eigenvalue weighted by Gasteiger charge is 2.58. The zero-order chi connectivity index (χ0) is 14.3. The molecule has 1 aliphatic carbocycles. The average molecular weight is 265 g/mol. The van der Waals surface area contributed by atoms with Gasteiger partial charge in [0, 0.05) is 6.42 Å². The molecule has 1 fully saturated rings. The number of carbonyl (C=O) groups excluding carboxylic acids is 1. The van der Waals surface area contributed by atoms with Crippen molar-refractivity contribution in [3.8, 4) is 0 Å². The van der Waals surface area contributed by atoms with Crippen LogP contribution in [0, 0.1) is 6.92 Å². The molecule has 1 aromatic carbocycles. The van der Waals surface area contributed by atoms with Crippen molar-refractivity contribution in [2.75, 3.05) is 0 Å². The highest BCUT2D eigenvalue weighted by atomic mass is 19.1. The van der Waals surface area contributed by atoms with Gasteiger partial charge in [0.2, 0.25) is 0 Å². The second-order valence-corrected chi connectivity index (χ2v) is 6.13. The van der Waals surface area contributed by atoms with Crippen LogP contribution in [0.1, 0.15) is 38.3 Å². The molecule has 2 atom stereocenters. The average Bonchev–Trinajstić information content (AvgIpc) is 2.88. The molecule has 0 heterocycles. The fraction of sp³-hybridized carbons (Fsp3) is 0.533. The molecule has 0 aliphatic heterocycles. The smallest absolute Gasteiger partial charge is 0.407 e. The van der Waals surface area contributed by atoms with Gasteiger partial charge < -0.3 is 10.1 Å². The van der Waals surface area contributed by atoms with Gasteiger partial charge in [-0.2, -0.15) is 0 Å². The molecule has 0 aromatic heterocycles. The number of carbonyl (C=O) groups is 1. The van der Waals surface area contributed by atoms with Crippen molar-refractivity contribution >= 4 is 6.09 Å². The van der Waals surface area contributed by atoms with Gasteiger partial charge in [-0.15, -0.1) is 0 Å². The van der Waals surface area contributed by atoms with E-state index in [2.05, 4.69) is 5.32 Å². The molecule has 1 N–H and O–H groups in total. The first-order valence-electron chi connectivity index (χ1n) is 6.46. The van der Waals surface area contributed by atoms with Crippen molar-refractivity contribution in [2.45, 2.75) is 51.4 Å². The van der Waals surface area contributed by atoms with E-state index in [9.17, 15) is 9.18 Å². The van der Waals surface area contributed by atoms with Crippen LogP contribution in [-0.2, 0) is 10.4 Å². The van der Waals surface area contributed by atoms with Gasteiger partial charge in [0.1, 0.15) is 5.60 Å². The first-order chi connectivity index (χ1) is 8.71. The quantitative estimate of drug-likeness (QED) is 0.889. The number of hydrogen-bond acceptors (Lipinski definition) is 2. The first kappa shape index (κ1) is 13.8. The minimum absolute atomic E-state index is 0.301. The SMILES string of the molecule is Cc1ccc([C@@]2(F)C[C@H]2NC(=O)OC(C)(C)C)cc1. The second-order valence-electron chi connectivity index (χ2n) is 6.13. The van der Waals surface area contributed by atoms with E-state index in [1.807, 2.05) is 19.1 Å². The van der Waals surface area contributed by atoms with Crippen LogP contribution in [0.2, 0.25) is 0 Å².